The van der Waals surface area contributed by atoms with Gasteiger partial charge in [-0.05, 0) is 31.2 Å². The summed E-state index contributed by atoms with van der Waals surface area (Å²) in [6.45, 7) is 7.53. The van der Waals surface area contributed by atoms with Crippen LogP contribution in [0.3, 0.4) is 0 Å². The highest BCUT2D eigenvalue weighted by Gasteiger charge is 2.18. The predicted molar refractivity (Wildman–Crippen MR) is 109 cm³/mol. The number of piperidine rings is 1. The Morgan fingerprint density at radius 1 is 1.29 bits per heavy atom. The van der Waals surface area contributed by atoms with Crippen LogP contribution in [0.2, 0.25) is 0 Å². The second kappa shape index (κ2) is 10.5. The lowest BCUT2D eigenvalue weighted by molar-refractivity contribution is -0.130. The van der Waals surface area contributed by atoms with Crippen molar-refractivity contribution in [1.82, 2.24) is 9.80 Å². The number of nitrogens with zero attached hydrogens (tertiary/aromatic N) is 3. The molecule has 0 unspecified atom stereocenters. The van der Waals surface area contributed by atoms with Crippen molar-refractivity contribution in [3.63, 3.8) is 0 Å². The highest BCUT2D eigenvalue weighted by atomic mass is 127. The van der Waals surface area contributed by atoms with Crippen LogP contribution >= 0.6 is 24.0 Å². The molecule has 0 atom stereocenters. The fraction of sp³-hybridized carbons (Fsp3) is 0.556. The van der Waals surface area contributed by atoms with Crippen LogP contribution in [0.4, 0.5) is 0 Å². The third kappa shape index (κ3) is 6.30. The van der Waals surface area contributed by atoms with Gasteiger partial charge in [-0.15, -0.1) is 24.0 Å². The highest BCUT2D eigenvalue weighted by Crippen LogP contribution is 2.15. The minimum absolute atomic E-state index is 0. The van der Waals surface area contributed by atoms with E-state index < -0.39 is 0 Å². The number of nitrogens with two attached hydrogens (primary N) is 1. The van der Waals surface area contributed by atoms with Gasteiger partial charge >= 0.3 is 0 Å². The molecular weight excluding hydrogens is 415 g/mol. The summed E-state index contributed by atoms with van der Waals surface area (Å²) >= 11 is 0. The first kappa shape index (κ1) is 20.7. The fourth-order valence-electron chi connectivity index (χ4n) is 2.77. The molecule has 1 aliphatic heterocycles. The number of hydrogen-bond acceptors (Lipinski definition) is 2. The van der Waals surface area contributed by atoms with Crippen molar-refractivity contribution in [3.8, 4) is 0 Å². The van der Waals surface area contributed by atoms with Crippen LogP contribution in [0, 0.1) is 5.92 Å². The van der Waals surface area contributed by atoms with Crippen molar-refractivity contribution in [2.75, 3.05) is 26.2 Å². The summed E-state index contributed by atoms with van der Waals surface area (Å²) in [6.07, 6.45) is 2.28. The molecule has 0 bridgehead atoms. The Hall–Kier alpha value is -1.31. The van der Waals surface area contributed by atoms with E-state index in [1.807, 2.05) is 42.2 Å². The minimum atomic E-state index is 0. The lowest BCUT2D eigenvalue weighted by Gasteiger charge is -2.31. The van der Waals surface area contributed by atoms with Gasteiger partial charge in [0.25, 0.3) is 0 Å². The third-order valence-corrected chi connectivity index (χ3v) is 4.43. The quantitative estimate of drug-likeness (QED) is 0.432. The zero-order valence-corrected chi connectivity index (χ0v) is 17.0. The van der Waals surface area contributed by atoms with Gasteiger partial charge < -0.3 is 15.5 Å². The molecule has 1 heterocycles. The van der Waals surface area contributed by atoms with Gasteiger partial charge in [-0.2, -0.15) is 0 Å². The third-order valence-electron chi connectivity index (χ3n) is 4.43. The van der Waals surface area contributed by atoms with Crippen LogP contribution in [0.5, 0.6) is 0 Å². The van der Waals surface area contributed by atoms with Gasteiger partial charge in [0.2, 0.25) is 5.91 Å². The molecule has 1 fully saturated rings. The highest BCUT2D eigenvalue weighted by molar-refractivity contribution is 14.0. The lowest BCUT2D eigenvalue weighted by atomic mass is 10.00. The summed E-state index contributed by atoms with van der Waals surface area (Å²) < 4.78 is 0. The molecule has 1 saturated heterocycles. The average Bonchev–Trinajstić information content (AvgIpc) is 2.58. The zero-order valence-electron chi connectivity index (χ0n) is 14.6. The van der Waals surface area contributed by atoms with E-state index in [1.165, 1.54) is 0 Å². The number of benzene rings is 1. The van der Waals surface area contributed by atoms with Crippen molar-refractivity contribution in [2.45, 2.75) is 33.2 Å². The number of carbonyl (C=O) groups is 1. The van der Waals surface area contributed by atoms with E-state index in [4.69, 9.17) is 5.73 Å². The molecule has 6 heteroatoms. The Kier molecular flexibility index (Phi) is 9.10. The van der Waals surface area contributed by atoms with Gasteiger partial charge in [0, 0.05) is 26.2 Å². The van der Waals surface area contributed by atoms with E-state index in [-0.39, 0.29) is 36.4 Å². The summed E-state index contributed by atoms with van der Waals surface area (Å²) in [5, 5.41) is 0. The molecule has 0 saturated carbocycles. The standard InChI is InChI=1S/C18H28N4O.HI/c1-3-21(14-16-7-5-4-6-8-16)17(23)13-20-18(19)22-11-9-15(2)10-12-22;/h4-8,15H,3,9-14H2,1-2H3,(H2,19,20);1H. The van der Waals surface area contributed by atoms with Gasteiger partial charge in [-0.1, -0.05) is 37.3 Å². The van der Waals surface area contributed by atoms with E-state index >= 15 is 0 Å². The number of hydrogen-bond donors (Lipinski definition) is 1. The molecule has 2 N–H and O–H groups in total. The number of guanidine groups is 1. The maximum atomic E-state index is 12.4. The van der Waals surface area contributed by atoms with Crippen molar-refractivity contribution >= 4 is 35.8 Å². The van der Waals surface area contributed by atoms with Gasteiger partial charge in [-0.25, -0.2) is 4.99 Å². The number of likely N-dealkylation sites (tertiary alicyclic amines) is 1. The van der Waals surface area contributed by atoms with Crippen molar-refractivity contribution in [1.29, 1.82) is 0 Å². The largest absolute Gasteiger partial charge is 0.370 e. The van der Waals surface area contributed by atoms with E-state index in [9.17, 15) is 4.79 Å². The first-order valence-electron chi connectivity index (χ1n) is 8.46. The molecule has 5 nitrogen and oxygen atoms in total. The van der Waals surface area contributed by atoms with E-state index in [0.717, 1.165) is 37.4 Å². The topological polar surface area (TPSA) is 61.9 Å². The molecule has 134 valence electrons. The molecule has 1 aromatic rings. The van der Waals surface area contributed by atoms with Crippen molar-refractivity contribution in [3.05, 3.63) is 35.9 Å². The summed E-state index contributed by atoms with van der Waals surface area (Å²) in [4.78, 5) is 20.6. The zero-order chi connectivity index (χ0) is 16.7. The Morgan fingerprint density at radius 3 is 2.50 bits per heavy atom. The minimum Gasteiger partial charge on any atom is -0.370 e. The van der Waals surface area contributed by atoms with Gasteiger partial charge in [0.1, 0.15) is 6.54 Å². The van der Waals surface area contributed by atoms with Crippen LogP contribution in [0.1, 0.15) is 32.3 Å². The van der Waals surface area contributed by atoms with Gasteiger partial charge in [0.05, 0.1) is 0 Å². The molecule has 1 aromatic carbocycles. The Balaban J connectivity index is 0.00000288. The van der Waals surface area contributed by atoms with Gasteiger partial charge in [-0.3, -0.25) is 4.79 Å². The summed E-state index contributed by atoms with van der Waals surface area (Å²) in [5.74, 6) is 1.27. The molecule has 1 aliphatic rings. The van der Waals surface area contributed by atoms with Crippen LogP contribution in [-0.2, 0) is 11.3 Å². The molecule has 24 heavy (non-hydrogen) atoms. The molecule has 0 radical (unpaired) electrons. The SMILES string of the molecule is CCN(Cc1ccccc1)C(=O)CN=C(N)N1CCC(C)CC1.I. The predicted octanol–water partition coefficient (Wildman–Crippen LogP) is 2.70. The maximum Gasteiger partial charge on any atom is 0.244 e. The maximum absolute atomic E-state index is 12.4. The number of rotatable bonds is 5. The normalized spacial score (nSPS) is 15.8. The summed E-state index contributed by atoms with van der Waals surface area (Å²) in [6, 6.07) is 10.0. The number of halogens is 1. The summed E-state index contributed by atoms with van der Waals surface area (Å²) in [7, 11) is 0. The van der Waals surface area contributed by atoms with E-state index in [1.54, 1.807) is 0 Å². The fourth-order valence-corrected chi connectivity index (χ4v) is 2.77. The second-order valence-corrected chi connectivity index (χ2v) is 6.24. The Labute approximate surface area is 162 Å². The number of aliphatic imine (C=N–C) groups is 1. The Bertz CT molecular complexity index is 527. The molecule has 0 aromatic heterocycles. The molecule has 2 rings (SSSR count). The van der Waals surface area contributed by atoms with E-state index in [2.05, 4.69) is 16.8 Å². The van der Waals surface area contributed by atoms with Crippen LogP contribution in [-0.4, -0.2) is 47.8 Å². The average molecular weight is 444 g/mol. The van der Waals surface area contributed by atoms with Crippen LogP contribution in [0.25, 0.3) is 0 Å². The van der Waals surface area contributed by atoms with Crippen LogP contribution in [0.15, 0.2) is 35.3 Å². The molecule has 1 amide bonds. The lowest BCUT2D eigenvalue weighted by Crippen LogP contribution is -2.43. The van der Waals surface area contributed by atoms with Gasteiger partial charge in [0.15, 0.2) is 5.96 Å². The second-order valence-electron chi connectivity index (χ2n) is 6.24. The summed E-state index contributed by atoms with van der Waals surface area (Å²) in [5.41, 5.74) is 7.17. The van der Waals surface area contributed by atoms with Crippen molar-refractivity contribution in [2.24, 2.45) is 16.6 Å². The first-order chi connectivity index (χ1) is 11.1. The molecular formula is C18H29IN4O. The smallest absolute Gasteiger partial charge is 0.244 e. The Morgan fingerprint density at radius 2 is 1.92 bits per heavy atom. The number of likely N-dealkylation sites (N-methyl/N-ethyl adjacent to an activating group) is 1. The molecule has 0 aliphatic carbocycles. The monoisotopic (exact) mass is 444 g/mol. The van der Waals surface area contributed by atoms with E-state index in [0.29, 0.717) is 19.0 Å². The number of amides is 1. The molecule has 0 spiro atoms. The number of carbonyl (C=O) groups excluding carboxylic acids is 1. The first-order valence-corrected chi connectivity index (χ1v) is 8.46. The van der Waals surface area contributed by atoms with Crippen molar-refractivity contribution < 1.29 is 4.79 Å². The van der Waals surface area contributed by atoms with Crippen LogP contribution < -0.4 is 5.73 Å².